The number of ether oxygens (including phenoxy) is 1. The predicted octanol–water partition coefficient (Wildman–Crippen LogP) is 6.25. The molecule has 6 heteroatoms. The second-order valence-corrected chi connectivity index (χ2v) is 10.3. The lowest BCUT2D eigenvalue weighted by molar-refractivity contribution is 0.160. The van der Waals surface area contributed by atoms with Crippen molar-refractivity contribution in [2.24, 2.45) is 5.41 Å². The van der Waals surface area contributed by atoms with Crippen LogP contribution in [0.5, 0.6) is 5.75 Å². The van der Waals surface area contributed by atoms with Gasteiger partial charge in [-0.1, -0.05) is 50.6 Å². The summed E-state index contributed by atoms with van der Waals surface area (Å²) in [5.74, 6) is 0.724. The average Bonchev–Trinajstić information content (AvgIpc) is 3.28. The maximum Gasteiger partial charge on any atom is 0.138 e. The van der Waals surface area contributed by atoms with Gasteiger partial charge in [0, 0.05) is 47.2 Å². The fourth-order valence-corrected chi connectivity index (χ4v) is 4.21. The van der Waals surface area contributed by atoms with Crippen molar-refractivity contribution in [1.29, 1.82) is 0 Å². The van der Waals surface area contributed by atoms with E-state index in [1.807, 2.05) is 42.7 Å². The Balaban J connectivity index is 1.35. The molecule has 0 amide bonds. The highest BCUT2D eigenvalue weighted by Gasteiger charge is 2.22. The van der Waals surface area contributed by atoms with Gasteiger partial charge >= 0.3 is 0 Å². The second kappa shape index (κ2) is 10.1. The number of nitrogens with zero attached hydrogens (tertiary/aromatic N) is 4. The highest BCUT2D eigenvalue weighted by atomic mass is 35.5. The van der Waals surface area contributed by atoms with E-state index < -0.39 is 0 Å². The van der Waals surface area contributed by atoms with Crippen LogP contribution in [0.25, 0.3) is 11.1 Å². The Morgan fingerprint density at radius 2 is 1.84 bits per heavy atom. The van der Waals surface area contributed by atoms with E-state index in [1.54, 1.807) is 6.20 Å². The molecule has 0 saturated carbocycles. The standard InChI is InChI=1S/C26H33ClN4O/c1-26(2,3)10-13-30-11-8-23(9-12-30)31-18-22(16-29-31)21-14-24(17-28-15-21)32-19-20-6-4-5-7-25(20)27/h4-7,14-18,23H,8-13,19H2,1-3H3. The molecule has 0 unspecified atom stereocenters. The van der Waals surface area contributed by atoms with Gasteiger partial charge in [0.1, 0.15) is 12.4 Å². The Bertz CT molecular complexity index is 1020. The molecule has 5 nitrogen and oxygen atoms in total. The minimum atomic E-state index is 0.396. The molecule has 1 aliphatic rings. The Hall–Kier alpha value is -2.37. The molecule has 1 aromatic carbocycles. The van der Waals surface area contributed by atoms with Crippen LogP contribution in [-0.4, -0.2) is 39.3 Å². The Labute approximate surface area is 196 Å². The minimum Gasteiger partial charge on any atom is -0.487 e. The third-order valence-corrected chi connectivity index (χ3v) is 6.48. The van der Waals surface area contributed by atoms with E-state index in [0.717, 1.165) is 48.4 Å². The van der Waals surface area contributed by atoms with Gasteiger partial charge in [-0.05, 0) is 43.4 Å². The molecule has 3 heterocycles. The van der Waals surface area contributed by atoms with Gasteiger partial charge in [-0.25, -0.2) is 0 Å². The second-order valence-electron chi connectivity index (χ2n) is 9.88. The molecular weight excluding hydrogens is 420 g/mol. The van der Waals surface area contributed by atoms with Crippen molar-refractivity contribution in [3.8, 4) is 16.9 Å². The summed E-state index contributed by atoms with van der Waals surface area (Å²) in [6, 6.07) is 10.2. The number of hydrogen-bond donors (Lipinski definition) is 0. The average molecular weight is 453 g/mol. The van der Waals surface area contributed by atoms with Crippen LogP contribution in [0.3, 0.4) is 0 Å². The lowest BCUT2D eigenvalue weighted by atomic mass is 9.91. The van der Waals surface area contributed by atoms with E-state index in [1.165, 1.54) is 13.0 Å². The predicted molar refractivity (Wildman–Crippen MR) is 130 cm³/mol. The van der Waals surface area contributed by atoms with E-state index in [9.17, 15) is 0 Å². The summed E-state index contributed by atoms with van der Waals surface area (Å²) in [5.41, 5.74) is 3.43. The maximum absolute atomic E-state index is 6.23. The number of rotatable bonds is 7. The van der Waals surface area contributed by atoms with Crippen LogP contribution in [0.1, 0.15) is 51.6 Å². The van der Waals surface area contributed by atoms with Crippen LogP contribution in [0.15, 0.2) is 55.1 Å². The number of benzene rings is 1. The molecule has 4 rings (SSSR count). The van der Waals surface area contributed by atoms with E-state index in [0.29, 0.717) is 23.1 Å². The zero-order valence-electron chi connectivity index (χ0n) is 19.3. The van der Waals surface area contributed by atoms with Crippen molar-refractivity contribution in [2.75, 3.05) is 19.6 Å². The number of likely N-dealkylation sites (tertiary alicyclic amines) is 1. The molecule has 0 atom stereocenters. The quantitative estimate of drug-likeness (QED) is 0.425. The molecule has 1 aliphatic heterocycles. The zero-order chi connectivity index (χ0) is 22.6. The molecule has 0 spiro atoms. The number of piperidine rings is 1. The van der Waals surface area contributed by atoms with Crippen molar-refractivity contribution in [2.45, 2.75) is 52.7 Å². The number of aromatic nitrogens is 3. The smallest absolute Gasteiger partial charge is 0.138 e. The monoisotopic (exact) mass is 452 g/mol. The van der Waals surface area contributed by atoms with Crippen molar-refractivity contribution >= 4 is 11.6 Å². The SMILES string of the molecule is CC(C)(C)CCN1CCC(n2cc(-c3cncc(OCc4ccccc4Cl)c3)cn2)CC1. The van der Waals surface area contributed by atoms with Crippen molar-refractivity contribution in [3.63, 3.8) is 0 Å². The molecule has 170 valence electrons. The fraction of sp³-hybridized carbons (Fsp3) is 0.462. The van der Waals surface area contributed by atoms with Crippen LogP contribution < -0.4 is 4.74 Å². The summed E-state index contributed by atoms with van der Waals surface area (Å²) in [7, 11) is 0. The summed E-state index contributed by atoms with van der Waals surface area (Å²) in [5, 5.41) is 5.38. The molecule has 3 aromatic rings. The molecule has 2 aromatic heterocycles. The Morgan fingerprint density at radius 1 is 1.06 bits per heavy atom. The summed E-state index contributed by atoms with van der Waals surface area (Å²) in [6.07, 6.45) is 11.2. The first kappa shape index (κ1) is 22.8. The highest BCUT2D eigenvalue weighted by molar-refractivity contribution is 6.31. The van der Waals surface area contributed by atoms with Gasteiger partial charge in [0.05, 0.1) is 18.4 Å². The van der Waals surface area contributed by atoms with Gasteiger partial charge in [0.2, 0.25) is 0 Å². The molecule has 32 heavy (non-hydrogen) atoms. The first-order valence-electron chi connectivity index (χ1n) is 11.5. The summed E-state index contributed by atoms with van der Waals surface area (Å²) >= 11 is 6.23. The van der Waals surface area contributed by atoms with Gasteiger partial charge in [0.25, 0.3) is 0 Å². The Morgan fingerprint density at radius 3 is 2.59 bits per heavy atom. The fourth-order valence-electron chi connectivity index (χ4n) is 4.02. The van der Waals surface area contributed by atoms with Crippen molar-refractivity contribution in [3.05, 3.63) is 65.7 Å². The third-order valence-electron chi connectivity index (χ3n) is 6.11. The van der Waals surface area contributed by atoms with E-state index >= 15 is 0 Å². The Kier molecular flexibility index (Phi) is 7.17. The summed E-state index contributed by atoms with van der Waals surface area (Å²) in [4.78, 5) is 6.96. The van der Waals surface area contributed by atoms with Gasteiger partial charge in [-0.3, -0.25) is 9.67 Å². The summed E-state index contributed by atoms with van der Waals surface area (Å²) in [6.45, 7) is 10.8. The van der Waals surface area contributed by atoms with Crippen LogP contribution in [0.4, 0.5) is 0 Å². The summed E-state index contributed by atoms with van der Waals surface area (Å²) < 4.78 is 8.07. The van der Waals surface area contributed by atoms with Gasteiger partial charge < -0.3 is 9.64 Å². The first-order chi connectivity index (χ1) is 15.4. The normalized spacial score (nSPS) is 15.8. The highest BCUT2D eigenvalue weighted by Crippen LogP contribution is 2.28. The third kappa shape index (κ3) is 6.11. The molecule has 1 fully saturated rings. The molecule has 0 N–H and O–H groups in total. The topological polar surface area (TPSA) is 43.2 Å². The minimum absolute atomic E-state index is 0.396. The molecule has 0 bridgehead atoms. The van der Waals surface area contributed by atoms with Gasteiger partial charge in [-0.2, -0.15) is 5.10 Å². The van der Waals surface area contributed by atoms with Gasteiger partial charge in [0.15, 0.2) is 0 Å². The van der Waals surface area contributed by atoms with Crippen molar-refractivity contribution in [1.82, 2.24) is 19.7 Å². The van der Waals surface area contributed by atoms with E-state index in [-0.39, 0.29) is 0 Å². The number of hydrogen-bond acceptors (Lipinski definition) is 4. The van der Waals surface area contributed by atoms with Crippen molar-refractivity contribution < 1.29 is 4.74 Å². The molecule has 0 aliphatic carbocycles. The van der Waals surface area contributed by atoms with Crippen LogP contribution in [0.2, 0.25) is 5.02 Å². The lowest BCUT2D eigenvalue weighted by Crippen LogP contribution is -2.36. The largest absolute Gasteiger partial charge is 0.487 e. The zero-order valence-corrected chi connectivity index (χ0v) is 20.1. The van der Waals surface area contributed by atoms with Crippen LogP contribution in [0, 0.1) is 5.41 Å². The molecule has 0 radical (unpaired) electrons. The van der Waals surface area contributed by atoms with Crippen LogP contribution >= 0.6 is 11.6 Å². The number of pyridine rings is 1. The maximum atomic E-state index is 6.23. The number of halogens is 1. The van der Waals surface area contributed by atoms with E-state index in [2.05, 4.69) is 46.6 Å². The van der Waals surface area contributed by atoms with Crippen LogP contribution in [-0.2, 0) is 6.61 Å². The molecular formula is C26H33ClN4O. The first-order valence-corrected chi connectivity index (χ1v) is 11.8. The molecule has 1 saturated heterocycles. The van der Waals surface area contributed by atoms with Gasteiger partial charge in [-0.15, -0.1) is 0 Å². The van der Waals surface area contributed by atoms with E-state index in [4.69, 9.17) is 16.3 Å². The lowest BCUT2D eigenvalue weighted by Gasteiger charge is -2.33.